The number of aromatic hydroxyl groups is 1. The van der Waals surface area contributed by atoms with Crippen LogP contribution in [0.25, 0.3) is 10.8 Å². The second-order valence-electron chi connectivity index (χ2n) is 4.42. The molecule has 1 heterocycles. The number of benzene rings is 2. The van der Waals surface area contributed by atoms with Gasteiger partial charge in [-0.25, -0.2) is 0 Å². The molecule has 0 aromatic heterocycles. The number of phenols is 1. The van der Waals surface area contributed by atoms with E-state index in [1.54, 1.807) is 6.07 Å². The Labute approximate surface area is 125 Å². The van der Waals surface area contributed by atoms with E-state index >= 15 is 0 Å². The molecule has 0 bridgehead atoms. The van der Waals surface area contributed by atoms with Crippen LogP contribution < -0.4 is 10.2 Å². The molecule has 3 nitrogen and oxygen atoms in total. The van der Waals surface area contributed by atoms with Crippen LogP contribution in [-0.2, 0) is 0 Å². The lowest BCUT2D eigenvalue weighted by atomic mass is 10.1. The average molecular weight is 301 g/mol. The Balaban J connectivity index is 0.000000902. The minimum Gasteiger partial charge on any atom is -0.508 e. The largest absolute Gasteiger partial charge is 0.508 e. The van der Waals surface area contributed by atoms with Gasteiger partial charge in [0, 0.05) is 37.3 Å². The Kier molecular flexibility index (Phi) is 5.73. The summed E-state index contributed by atoms with van der Waals surface area (Å²) in [6.07, 6.45) is 0. The molecule has 1 saturated heterocycles. The Morgan fingerprint density at radius 1 is 1.00 bits per heavy atom. The number of hydrogen-bond donors (Lipinski definition) is 2. The van der Waals surface area contributed by atoms with E-state index in [1.807, 2.05) is 12.1 Å². The maximum absolute atomic E-state index is 9.62. The van der Waals surface area contributed by atoms with Crippen molar-refractivity contribution in [3.8, 4) is 5.75 Å². The standard InChI is InChI=1S/C14H16N2O.2ClH/c17-12-5-4-11-2-1-3-14(13(11)10-12)16-8-6-15-7-9-16;;/h1-5,10,15,17H,6-9H2;2*1H. The quantitative estimate of drug-likeness (QED) is 0.850. The van der Waals surface area contributed by atoms with Gasteiger partial charge in [0.25, 0.3) is 0 Å². The molecule has 0 aliphatic carbocycles. The van der Waals surface area contributed by atoms with Crippen LogP contribution >= 0.6 is 24.8 Å². The molecule has 1 aliphatic heterocycles. The number of hydrogen-bond acceptors (Lipinski definition) is 3. The van der Waals surface area contributed by atoms with Crippen LogP contribution in [0.5, 0.6) is 5.75 Å². The van der Waals surface area contributed by atoms with Crippen molar-refractivity contribution >= 4 is 41.3 Å². The molecule has 104 valence electrons. The first-order valence-electron chi connectivity index (χ1n) is 6.02. The van der Waals surface area contributed by atoms with E-state index in [2.05, 4.69) is 28.4 Å². The number of rotatable bonds is 1. The number of nitrogens with one attached hydrogen (secondary N) is 1. The van der Waals surface area contributed by atoms with E-state index < -0.39 is 0 Å². The molecule has 5 heteroatoms. The van der Waals surface area contributed by atoms with Gasteiger partial charge in [0.2, 0.25) is 0 Å². The molecule has 19 heavy (non-hydrogen) atoms. The van der Waals surface area contributed by atoms with E-state index in [0.717, 1.165) is 31.6 Å². The fourth-order valence-electron chi connectivity index (χ4n) is 2.43. The van der Waals surface area contributed by atoms with Crippen molar-refractivity contribution in [3.63, 3.8) is 0 Å². The van der Waals surface area contributed by atoms with E-state index in [9.17, 15) is 5.11 Å². The second kappa shape index (κ2) is 6.85. The first-order valence-corrected chi connectivity index (χ1v) is 6.02. The lowest BCUT2D eigenvalue weighted by molar-refractivity contribution is 0.476. The van der Waals surface area contributed by atoms with Crippen molar-refractivity contribution in [1.82, 2.24) is 5.32 Å². The smallest absolute Gasteiger partial charge is 0.116 e. The normalized spacial score (nSPS) is 14.6. The third-order valence-electron chi connectivity index (χ3n) is 3.30. The highest BCUT2D eigenvalue weighted by Gasteiger charge is 2.12. The van der Waals surface area contributed by atoms with Crippen molar-refractivity contribution in [2.45, 2.75) is 0 Å². The Morgan fingerprint density at radius 3 is 2.47 bits per heavy atom. The predicted octanol–water partition coefficient (Wildman–Crippen LogP) is 2.80. The van der Waals surface area contributed by atoms with Crippen molar-refractivity contribution < 1.29 is 5.11 Å². The zero-order valence-electron chi connectivity index (χ0n) is 10.5. The third kappa shape index (κ3) is 3.24. The summed E-state index contributed by atoms with van der Waals surface area (Å²) in [6, 6.07) is 11.9. The second-order valence-corrected chi connectivity index (χ2v) is 4.42. The summed E-state index contributed by atoms with van der Waals surface area (Å²) in [6.45, 7) is 4.09. The van der Waals surface area contributed by atoms with Crippen LogP contribution in [0.1, 0.15) is 0 Å². The minimum atomic E-state index is 0. The number of phenolic OH excluding ortho intramolecular Hbond substituents is 1. The Bertz CT molecular complexity index is 542. The summed E-state index contributed by atoms with van der Waals surface area (Å²) in [5, 5.41) is 15.3. The molecule has 0 saturated carbocycles. The highest BCUT2D eigenvalue weighted by Crippen LogP contribution is 2.29. The summed E-state index contributed by atoms with van der Waals surface area (Å²) in [4.78, 5) is 2.37. The van der Waals surface area contributed by atoms with Crippen LogP contribution in [0.4, 0.5) is 5.69 Å². The number of nitrogens with zero attached hydrogens (tertiary/aromatic N) is 1. The number of anilines is 1. The molecule has 2 aromatic carbocycles. The van der Waals surface area contributed by atoms with Gasteiger partial charge in [-0.1, -0.05) is 18.2 Å². The van der Waals surface area contributed by atoms with Gasteiger partial charge in [-0.15, -0.1) is 24.8 Å². The zero-order chi connectivity index (χ0) is 11.7. The molecule has 1 fully saturated rings. The van der Waals surface area contributed by atoms with Gasteiger partial charge in [-0.2, -0.15) is 0 Å². The molecular weight excluding hydrogens is 283 g/mol. The van der Waals surface area contributed by atoms with Crippen molar-refractivity contribution in [2.24, 2.45) is 0 Å². The van der Waals surface area contributed by atoms with E-state index in [0.29, 0.717) is 5.75 Å². The molecule has 2 aromatic rings. The highest BCUT2D eigenvalue weighted by molar-refractivity contribution is 5.95. The maximum Gasteiger partial charge on any atom is 0.116 e. The van der Waals surface area contributed by atoms with Crippen LogP contribution in [-0.4, -0.2) is 31.3 Å². The van der Waals surface area contributed by atoms with Gasteiger partial charge in [-0.05, 0) is 23.6 Å². The molecule has 3 rings (SSSR count). The number of piperazine rings is 1. The van der Waals surface area contributed by atoms with Crippen molar-refractivity contribution in [3.05, 3.63) is 36.4 Å². The van der Waals surface area contributed by atoms with Gasteiger partial charge in [0.05, 0.1) is 0 Å². The summed E-state index contributed by atoms with van der Waals surface area (Å²) in [7, 11) is 0. The Hall–Kier alpha value is -1.16. The van der Waals surface area contributed by atoms with Gasteiger partial charge in [-0.3, -0.25) is 0 Å². The van der Waals surface area contributed by atoms with E-state index in [-0.39, 0.29) is 24.8 Å². The first-order chi connectivity index (χ1) is 8.34. The molecule has 0 spiro atoms. The lowest BCUT2D eigenvalue weighted by Crippen LogP contribution is -2.43. The van der Waals surface area contributed by atoms with Crippen LogP contribution in [0.3, 0.4) is 0 Å². The summed E-state index contributed by atoms with van der Waals surface area (Å²) in [5.74, 6) is 0.333. The Morgan fingerprint density at radius 2 is 1.74 bits per heavy atom. The molecule has 2 N–H and O–H groups in total. The molecular formula is C14H18Cl2N2O. The van der Waals surface area contributed by atoms with E-state index in [4.69, 9.17) is 0 Å². The summed E-state index contributed by atoms with van der Waals surface area (Å²) >= 11 is 0. The monoisotopic (exact) mass is 300 g/mol. The summed E-state index contributed by atoms with van der Waals surface area (Å²) in [5.41, 5.74) is 1.22. The van der Waals surface area contributed by atoms with Gasteiger partial charge in [0.1, 0.15) is 5.75 Å². The van der Waals surface area contributed by atoms with Gasteiger partial charge >= 0.3 is 0 Å². The lowest BCUT2D eigenvalue weighted by Gasteiger charge is -2.30. The first kappa shape index (κ1) is 15.9. The fraction of sp³-hybridized carbons (Fsp3) is 0.286. The topological polar surface area (TPSA) is 35.5 Å². The van der Waals surface area contributed by atoms with E-state index in [1.165, 1.54) is 11.1 Å². The van der Waals surface area contributed by atoms with Gasteiger partial charge in [0.15, 0.2) is 0 Å². The zero-order valence-corrected chi connectivity index (χ0v) is 12.1. The SMILES string of the molecule is Cl.Cl.Oc1ccc2cccc(N3CCNCC3)c2c1. The number of halogens is 2. The molecule has 0 radical (unpaired) electrons. The molecule has 0 atom stereocenters. The van der Waals surface area contributed by atoms with Crippen LogP contribution in [0, 0.1) is 0 Å². The molecule has 0 amide bonds. The fourth-order valence-corrected chi connectivity index (χ4v) is 2.43. The van der Waals surface area contributed by atoms with Crippen LogP contribution in [0.2, 0.25) is 0 Å². The molecule has 1 aliphatic rings. The average Bonchev–Trinajstić information content (AvgIpc) is 2.39. The number of fused-ring (bicyclic) bond motifs is 1. The third-order valence-corrected chi connectivity index (χ3v) is 3.30. The maximum atomic E-state index is 9.62. The molecule has 0 unspecified atom stereocenters. The predicted molar refractivity (Wildman–Crippen MR) is 85.2 cm³/mol. The highest BCUT2D eigenvalue weighted by atomic mass is 35.5. The summed E-state index contributed by atoms with van der Waals surface area (Å²) < 4.78 is 0. The minimum absolute atomic E-state index is 0. The van der Waals surface area contributed by atoms with Gasteiger partial charge < -0.3 is 15.3 Å². The van der Waals surface area contributed by atoms with Crippen molar-refractivity contribution in [2.75, 3.05) is 31.1 Å². The van der Waals surface area contributed by atoms with Crippen LogP contribution in [0.15, 0.2) is 36.4 Å². The van der Waals surface area contributed by atoms with Crippen molar-refractivity contribution in [1.29, 1.82) is 0 Å².